The molecule has 5 heteroatoms. The summed E-state index contributed by atoms with van der Waals surface area (Å²) in [7, 11) is 0. The van der Waals surface area contributed by atoms with Gasteiger partial charge in [-0.1, -0.05) is 0 Å². The average Bonchev–Trinajstić information content (AvgIpc) is 1.98. The van der Waals surface area contributed by atoms with Crippen LogP contribution in [0, 0.1) is 11.3 Å². The van der Waals surface area contributed by atoms with E-state index in [1.807, 2.05) is 0 Å². The molecule has 1 aliphatic heterocycles. The van der Waals surface area contributed by atoms with Gasteiger partial charge in [-0.05, 0) is 27.7 Å². The van der Waals surface area contributed by atoms with Gasteiger partial charge in [-0.25, -0.2) is 0 Å². The van der Waals surface area contributed by atoms with Crippen molar-refractivity contribution in [1.29, 1.82) is 0 Å². The molecule has 0 aliphatic carbocycles. The van der Waals surface area contributed by atoms with Crippen molar-refractivity contribution >= 4 is 11.9 Å². The maximum atomic E-state index is 11.8. The fraction of sp³-hybridized carbons (Fsp3) is 0.818. The van der Waals surface area contributed by atoms with E-state index in [0.717, 1.165) is 0 Å². The Balaban J connectivity index is 2.69. The predicted octanol–water partition coefficient (Wildman–Crippen LogP) is 0.211. The van der Waals surface area contributed by atoms with Gasteiger partial charge in [-0.15, -0.1) is 0 Å². The molecule has 0 aromatic heterocycles. The van der Waals surface area contributed by atoms with Crippen LogP contribution in [0.5, 0.6) is 0 Å². The van der Waals surface area contributed by atoms with Crippen LogP contribution in [-0.4, -0.2) is 35.6 Å². The first kappa shape index (κ1) is 13.0. The smallest absolute Gasteiger partial charge is 0.311 e. The Morgan fingerprint density at radius 3 is 2.06 bits per heavy atom. The van der Waals surface area contributed by atoms with Crippen molar-refractivity contribution in [1.82, 2.24) is 10.6 Å². The van der Waals surface area contributed by atoms with Crippen LogP contribution in [-0.2, 0) is 9.59 Å². The molecule has 1 amide bonds. The molecule has 16 heavy (non-hydrogen) atoms. The molecule has 0 saturated carbocycles. The second kappa shape index (κ2) is 4.05. The van der Waals surface area contributed by atoms with Crippen LogP contribution in [0.3, 0.4) is 0 Å². The summed E-state index contributed by atoms with van der Waals surface area (Å²) in [6.45, 7) is 8.07. The Morgan fingerprint density at radius 2 is 1.75 bits per heavy atom. The van der Waals surface area contributed by atoms with Crippen LogP contribution in [0.15, 0.2) is 0 Å². The molecule has 5 nitrogen and oxygen atoms in total. The van der Waals surface area contributed by atoms with Crippen LogP contribution in [0.1, 0.15) is 27.7 Å². The third-order valence-electron chi connectivity index (χ3n) is 3.69. The Bertz CT molecular complexity index is 306. The zero-order chi connectivity index (χ0) is 12.6. The number of hydrogen-bond donors (Lipinski definition) is 3. The molecule has 0 aromatic carbocycles. The topological polar surface area (TPSA) is 78.4 Å². The van der Waals surface area contributed by atoms with Gasteiger partial charge in [0.05, 0.1) is 11.3 Å². The van der Waals surface area contributed by atoms with Crippen LogP contribution >= 0.6 is 0 Å². The molecular formula is C11H20N2O3. The summed E-state index contributed by atoms with van der Waals surface area (Å²) in [4.78, 5) is 22.9. The molecule has 1 fully saturated rings. The lowest BCUT2D eigenvalue weighted by Crippen LogP contribution is -2.61. The van der Waals surface area contributed by atoms with Gasteiger partial charge in [0.1, 0.15) is 0 Å². The highest BCUT2D eigenvalue weighted by atomic mass is 16.4. The van der Waals surface area contributed by atoms with Crippen molar-refractivity contribution in [3.63, 3.8) is 0 Å². The van der Waals surface area contributed by atoms with Crippen molar-refractivity contribution in [2.24, 2.45) is 11.3 Å². The molecule has 0 aromatic rings. The Labute approximate surface area is 95.6 Å². The first-order valence-electron chi connectivity index (χ1n) is 5.44. The van der Waals surface area contributed by atoms with Gasteiger partial charge in [-0.2, -0.15) is 0 Å². The molecule has 1 rings (SSSR count). The highest BCUT2D eigenvalue weighted by molar-refractivity contribution is 5.83. The normalized spacial score (nSPS) is 17.8. The number of amides is 1. The number of nitrogens with one attached hydrogen (secondary N) is 2. The third kappa shape index (κ3) is 2.19. The standard InChI is InChI=1S/C11H20N2O3/c1-10(2,9(15)16)11(3,4)13-8(14)7-5-12-6-7/h7,12H,5-6H2,1-4H3,(H,13,14)(H,15,16). The van der Waals surface area contributed by atoms with E-state index in [-0.39, 0.29) is 11.8 Å². The van der Waals surface area contributed by atoms with Gasteiger partial charge in [0.15, 0.2) is 0 Å². The monoisotopic (exact) mass is 228 g/mol. The number of aliphatic carboxylic acids is 1. The van der Waals surface area contributed by atoms with Crippen molar-refractivity contribution in [2.45, 2.75) is 33.2 Å². The zero-order valence-corrected chi connectivity index (χ0v) is 10.3. The minimum absolute atomic E-state index is 0.0242. The van der Waals surface area contributed by atoms with Gasteiger partial charge in [0.2, 0.25) is 5.91 Å². The van der Waals surface area contributed by atoms with E-state index < -0.39 is 16.9 Å². The van der Waals surface area contributed by atoms with Gasteiger partial charge in [0, 0.05) is 18.6 Å². The maximum absolute atomic E-state index is 11.8. The lowest BCUT2D eigenvalue weighted by Gasteiger charge is -2.40. The quantitative estimate of drug-likeness (QED) is 0.643. The Morgan fingerprint density at radius 1 is 1.25 bits per heavy atom. The van der Waals surface area contributed by atoms with Gasteiger partial charge in [0.25, 0.3) is 0 Å². The molecule has 1 heterocycles. The first-order valence-corrected chi connectivity index (χ1v) is 5.44. The molecule has 92 valence electrons. The van der Waals surface area contributed by atoms with Crippen molar-refractivity contribution < 1.29 is 14.7 Å². The average molecular weight is 228 g/mol. The summed E-state index contributed by atoms with van der Waals surface area (Å²) in [6, 6.07) is 0. The molecule has 0 bridgehead atoms. The molecule has 0 atom stereocenters. The molecule has 0 unspecified atom stereocenters. The van der Waals surface area contributed by atoms with E-state index in [1.54, 1.807) is 27.7 Å². The van der Waals surface area contributed by atoms with E-state index >= 15 is 0 Å². The Kier molecular flexibility index (Phi) is 3.28. The van der Waals surface area contributed by atoms with Crippen molar-refractivity contribution in [2.75, 3.05) is 13.1 Å². The minimum atomic E-state index is -1.00. The summed E-state index contributed by atoms with van der Waals surface area (Å²) in [6.07, 6.45) is 0. The van der Waals surface area contributed by atoms with E-state index in [2.05, 4.69) is 10.6 Å². The van der Waals surface area contributed by atoms with Crippen molar-refractivity contribution in [3.8, 4) is 0 Å². The van der Waals surface area contributed by atoms with E-state index in [4.69, 9.17) is 5.11 Å². The number of carbonyl (C=O) groups is 2. The zero-order valence-electron chi connectivity index (χ0n) is 10.3. The highest BCUT2D eigenvalue weighted by Crippen LogP contribution is 2.31. The fourth-order valence-electron chi connectivity index (χ4n) is 1.31. The highest BCUT2D eigenvalue weighted by Gasteiger charge is 2.45. The Hall–Kier alpha value is -1.10. The van der Waals surface area contributed by atoms with Gasteiger partial charge >= 0.3 is 5.97 Å². The van der Waals surface area contributed by atoms with Crippen LogP contribution < -0.4 is 10.6 Å². The lowest BCUT2D eigenvalue weighted by atomic mass is 9.74. The number of carboxylic acid groups (broad SMARTS) is 1. The van der Waals surface area contributed by atoms with Crippen molar-refractivity contribution in [3.05, 3.63) is 0 Å². The van der Waals surface area contributed by atoms with Crippen LogP contribution in [0.25, 0.3) is 0 Å². The number of rotatable bonds is 4. The van der Waals surface area contributed by atoms with E-state index in [1.165, 1.54) is 0 Å². The lowest BCUT2D eigenvalue weighted by molar-refractivity contribution is -0.152. The molecule has 0 radical (unpaired) electrons. The molecule has 3 N–H and O–H groups in total. The molecule has 1 aliphatic rings. The number of carboxylic acids is 1. The molecular weight excluding hydrogens is 208 g/mol. The fourth-order valence-corrected chi connectivity index (χ4v) is 1.31. The number of carbonyl (C=O) groups excluding carboxylic acids is 1. The second-order valence-corrected chi connectivity index (χ2v) is 5.40. The van der Waals surface area contributed by atoms with Gasteiger partial charge < -0.3 is 15.7 Å². The molecule has 0 spiro atoms. The van der Waals surface area contributed by atoms with Gasteiger partial charge in [-0.3, -0.25) is 9.59 Å². The SMILES string of the molecule is CC(C)(NC(=O)C1CNC1)C(C)(C)C(=O)O. The number of hydrogen-bond acceptors (Lipinski definition) is 3. The first-order chi connectivity index (χ1) is 7.18. The summed E-state index contributed by atoms with van der Waals surface area (Å²) in [5.74, 6) is -1.01. The third-order valence-corrected chi connectivity index (χ3v) is 3.69. The van der Waals surface area contributed by atoms with Crippen LogP contribution in [0.2, 0.25) is 0 Å². The maximum Gasteiger partial charge on any atom is 0.311 e. The summed E-state index contributed by atoms with van der Waals surface area (Å²) >= 11 is 0. The van der Waals surface area contributed by atoms with Crippen LogP contribution in [0.4, 0.5) is 0 Å². The second-order valence-electron chi connectivity index (χ2n) is 5.40. The summed E-state index contributed by atoms with van der Waals surface area (Å²) in [5.41, 5.74) is -1.77. The predicted molar refractivity (Wildman–Crippen MR) is 60.0 cm³/mol. The largest absolute Gasteiger partial charge is 0.481 e. The summed E-state index contributed by atoms with van der Waals surface area (Å²) < 4.78 is 0. The van der Waals surface area contributed by atoms with E-state index in [0.29, 0.717) is 13.1 Å². The molecule has 1 saturated heterocycles. The minimum Gasteiger partial charge on any atom is -0.481 e. The van der Waals surface area contributed by atoms with E-state index in [9.17, 15) is 9.59 Å². The summed E-state index contributed by atoms with van der Waals surface area (Å²) in [5, 5.41) is 15.0.